The molecule has 0 atom stereocenters. The minimum absolute atomic E-state index is 0.0381. The molecule has 1 saturated carbocycles. The Bertz CT molecular complexity index is 515. The quantitative estimate of drug-likeness (QED) is 0.662. The highest BCUT2D eigenvalue weighted by Crippen LogP contribution is 2.35. The molecule has 1 fully saturated rings. The van der Waals surface area contributed by atoms with Crippen LogP contribution in [0.3, 0.4) is 0 Å². The van der Waals surface area contributed by atoms with Crippen molar-refractivity contribution in [3.05, 3.63) is 28.1 Å². The number of nitro groups is 1. The fourth-order valence-electron chi connectivity index (χ4n) is 2.39. The Hall–Kier alpha value is -1.89. The van der Waals surface area contributed by atoms with Crippen molar-refractivity contribution >= 4 is 5.69 Å². The third-order valence-corrected chi connectivity index (χ3v) is 3.54. The maximum Gasteiger partial charge on any atom is 0.314 e. The first kappa shape index (κ1) is 14.5. The molecule has 0 spiro atoms. The summed E-state index contributed by atoms with van der Waals surface area (Å²) in [7, 11) is 1.28. The van der Waals surface area contributed by atoms with Crippen molar-refractivity contribution in [3.8, 4) is 11.5 Å². The summed E-state index contributed by atoms with van der Waals surface area (Å²) in [5.41, 5.74) is 5.25. The SMILES string of the molecule is COc1cc(OCC2(N)CCCC2)c(F)cc1[N+](=O)[O-]. The number of ether oxygens (including phenoxy) is 2. The molecule has 1 aromatic carbocycles. The monoisotopic (exact) mass is 284 g/mol. The summed E-state index contributed by atoms with van der Waals surface area (Å²) >= 11 is 0. The number of methoxy groups -OCH3 is 1. The van der Waals surface area contributed by atoms with Crippen molar-refractivity contribution in [3.63, 3.8) is 0 Å². The highest BCUT2D eigenvalue weighted by atomic mass is 19.1. The van der Waals surface area contributed by atoms with E-state index < -0.39 is 22.0 Å². The molecule has 7 heteroatoms. The Kier molecular flexibility index (Phi) is 4.08. The Labute approximate surface area is 115 Å². The van der Waals surface area contributed by atoms with Gasteiger partial charge in [-0.05, 0) is 12.8 Å². The van der Waals surface area contributed by atoms with Crippen LogP contribution in [0.4, 0.5) is 10.1 Å². The molecule has 0 saturated heterocycles. The van der Waals surface area contributed by atoms with Crippen LogP contribution >= 0.6 is 0 Å². The van der Waals surface area contributed by atoms with Gasteiger partial charge in [-0.25, -0.2) is 4.39 Å². The van der Waals surface area contributed by atoms with Crippen LogP contribution in [0, 0.1) is 15.9 Å². The number of benzene rings is 1. The summed E-state index contributed by atoms with van der Waals surface area (Å²) in [6.07, 6.45) is 3.73. The topological polar surface area (TPSA) is 87.6 Å². The zero-order valence-corrected chi connectivity index (χ0v) is 11.2. The first-order valence-electron chi connectivity index (χ1n) is 6.39. The smallest absolute Gasteiger partial charge is 0.314 e. The van der Waals surface area contributed by atoms with E-state index in [1.54, 1.807) is 0 Å². The number of rotatable bonds is 5. The normalized spacial score (nSPS) is 16.9. The molecule has 0 heterocycles. The van der Waals surface area contributed by atoms with Crippen LogP contribution in [0.5, 0.6) is 11.5 Å². The van der Waals surface area contributed by atoms with Gasteiger partial charge in [0.15, 0.2) is 11.6 Å². The van der Waals surface area contributed by atoms with E-state index in [4.69, 9.17) is 15.2 Å². The minimum Gasteiger partial charge on any atom is -0.490 e. The lowest BCUT2D eigenvalue weighted by atomic mass is 10.0. The molecule has 1 aliphatic rings. The Morgan fingerprint density at radius 2 is 2.05 bits per heavy atom. The number of halogens is 1. The third-order valence-electron chi connectivity index (χ3n) is 3.54. The first-order chi connectivity index (χ1) is 9.45. The van der Waals surface area contributed by atoms with Gasteiger partial charge in [0, 0.05) is 6.07 Å². The predicted octanol–water partition coefficient (Wildman–Crippen LogP) is 2.39. The first-order valence-corrected chi connectivity index (χ1v) is 6.39. The Morgan fingerprint density at radius 3 is 2.60 bits per heavy atom. The fourth-order valence-corrected chi connectivity index (χ4v) is 2.39. The molecule has 0 aromatic heterocycles. The molecule has 2 rings (SSSR count). The molecule has 1 aliphatic carbocycles. The lowest BCUT2D eigenvalue weighted by Gasteiger charge is -2.23. The molecule has 0 unspecified atom stereocenters. The summed E-state index contributed by atoms with van der Waals surface area (Å²) in [5.74, 6) is -0.910. The molecule has 20 heavy (non-hydrogen) atoms. The molecule has 2 N–H and O–H groups in total. The summed E-state index contributed by atoms with van der Waals surface area (Å²) in [6.45, 7) is 0.185. The lowest BCUT2D eigenvalue weighted by Crippen LogP contribution is -2.42. The predicted molar refractivity (Wildman–Crippen MR) is 70.5 cm³/mol. The second kappa shape index (κ2) is 5.62. The molecule has 0 aliphatic heterocycles. The van der Waals surface area contributed by atoms with Crippen LogP contribution in [-0.4, -0.2) is 24.2 Å². The van der Waals surface area contributed by atoms with Crippen LogP contribution in [0.25, 0.3) is 0 Å². The van der Waals surface area contributed by atoms with Gasteiger partial charge < -0.3 is 15.2 Å². The molecule has 0 bridgehead atoms. The van der Waals surface area contributed by atoms with Gasteiger partial charge in [-0.15, -0.1) is 0 Å². The molecule has 1 aromatic rings. The molecule has 0 amide bonds. The van der Waals surface area contributed by atoms with Gasteiger partial charge in [0.1, 0.15) is 6.61 Å². The van der Waals surface area contributed by atoms with E-state index in [0.717, 1.165) is 31.7 Å². The lowest BCUT2D eigenvalue weighted by molar-refractivity contribution is -0.386. The summed E-state index contributed by atoms with van der Waals surface area (Å²) in [5, 5.41) is 10.8. The van der Waals surface area contributed by atoms with Crippen molar-refractivity contribution in [2.24, 2.45) is 5.73 Å². The molecule has 6 nitrogen and oxygen atoms in total. The highest BCUT2D eigenvalue weighted by molar-refractivity contribution is 5.51. The van der Waals surface area contributed by atoms with E-state index in [-0.39, 0.29) is 18.1 Å². The van der Waals surface area contributed by atoms with E-state index in [1.807, 2.05) is 0 Å². The van der Waals surface area contributed by atoms with Crippen molar-refractivity contribution in [2.45, 2.75) is 31.2 Å². The summed E-state index contributed by atoms with van der Waals surface area (Å²) < 4.78 is 24.1. The van der Waals surface area contributed by atoms with Crippen LogP contribution in [-0.2, 0) is 0 Å². The summed E-state index contributed by atoms with van der Waals surface area (Å²) in [4.78, 5) is 10.1. The van der Waals surface area contributed by atoms with E-state index in [2.05, 4.69) is 0 Å². The van der Waals surface area contributed by atoms with E-state index in [0.29, 0.717) is 0 Å². The van der Waals surface area contributed by atoms with Crippen LogP contribution in [0.2, 0.25) is 0 Å². The molecule has 0 radical (unpaired) electrons. The van der Waals surface area contributed by atoms with Crippen LogP contribution < -0.4 is 15.2 Å². The van der Waals surface area contributed by atoms with Crippen LogP contribution in [0.15, 0.2) is 12.1 Å². The van der Waals surface area contributed by atoms with Crippen molar-refractivity contribution in [1.29, 1.82) is 0 Å². The Balaban J connectivity index is 2.17. The molecular formula is C13H17FN2O4. The van der Waals surface area contributed by atoms with E-state index in [1.165, 1.54) is 13.2 Å². The summed E-state index contributed by atoms with van der Waals surface area (Å²) in [6, 6.07) is 1.98. The number of nitrogens with zero attached hydrogens (tertiary/aromatic N) is 1. The number of nitro benzene ring substituents is 1. The minimum atomic E-state index is -0.793. The van der Waals surface area contributed by atoms with Crippen molar-refractivity contribution in [1.82, 2.24) is 0 Å². The van der Waals surface area contributed by atoms with Gasteiger partial charge in [0.25, 0.3) is 0 Å². The van der Waals surface area contributed by atoms with Gasteiger partial charge in [-0.3, -0.25) is 10.1 Å². The van der Waals surface area contributed by atoms with E-state index in [9.17, 15) is 14.5 Å². The number of hydrogen-bond donors (Lipinski definition) is 1. The van der Waals surface area contributed by atoms with Gasteiger partial charge in [-0.1, -0.05) is 12.8 Å². The Morgan fingerprint density at radius 1 is 1.40 bits per heavy atom. The zero-order valence-electron chi connectivity index (χ0n) is 11.2. The molecular weight excluding hydrogens is 267 g/mol. The van der Waals surface area contributed by atoms with Gasteiger partial charge >= 0.3 is 5.69 Å². The highest BCUT2D eigenvalue weighted by Gasteiger charge is 2.31. The average Bonchev–Trinajstić information content (AvgIpc) is 2.84. The maximum atomic E-state index is 13.8. The third kappa shape index (κ3) is 2.98. The van der Waals surface area contributed by atoms with Crippen molar-refractivity contribution < 1.29 is 18.8 Å². The number of hydrogen-bond acceptors (Lipinski definition) is 5. The van der Waals surface area contributed by atoms with Gasteiger partial charge in [-0.2, -0.15) is 0 Å². The maximum absolute atomic E-state index is 13.8. The van der Waals surface area contributed by atoms with E-state index >= 15 is 0 Å². The largest absolute Gasteiger partial charge is 0.490 e. The second-order valence-corrected chi connectivity index (χ2v) is 5.07. The standard InChI is InChI=1S/C13H17FN2O4/c1-19-12-7-11(9(14)6-10(12)16(17)18)20-8-13(15)4-2-3-5-13/h6-7H,2-5,8,15H2,1H3. The second-order valence-electron chi connectivity index (χ2n) is 5.07. The fraction of sp³-hybridized carbons (Fsp3) is 0.538. The van der Waals surface area contributed by atoms with Crippen LogP contribution in [0.1, 0.15) is 25.7 Å². The van der Waals surface area contributed by atoms with Crippen molar-refractivity contribution in [2.75, 3.05) is 13.7 Å². The number of nitrogens with two attached hydrogens (primary N) is 1. The zero-order chi connectivity index (χ0) is 14.8. The van der Waals surface area contributed by atoms with Gasteiger partial charge in [0.05, 0.1) is 23.6 Å². The van der Waals surface area contributed by atoms with Gasteiger partial charge in [0.2, 0.25) is 5.75 Å². The average molecular weight is 284 g/mol. The molecule has 110 valence electrons.